The first-order valence-electron chi connectivity index (χ1n) is 8.75. The largest absolute Gasteiger partial charge is 0.352 e. The van der Waals surface area contributed by atoms with Gasteiger partial charge in [0.15, 0.2) is 11.3 Å². The highest BCUT2D eigenvalue weighted by Gasteiger charge is 2.53. The molecule has 130 valence electrons. The Kier molecular flexibility index (Phi) is 2.82. The van der Waals surface area contributed by atoms with Gasteiger partial charge >= 0.3 is 5.69 Å². The lowest BCUT2D eigenvalue weighted by molar-refractivity contribution is 0.0280. The Morgan fingerprint density at radius 1 is 1.32 bits per heavy atom. The van der Waals surface area contributed by atoms with Gasteiger partial charge in [0.25, 0.3) is 5.91 Å². The molecule has 8 heteroatoms. The monoisotopic (exact) mass is 340 g/mol. The molecule has 25 heavy (non-hydrogen) atoms. The SMILES string of the molecule is Cn1nnc2c(C(=O)NC3(C)C4CC5=CC(C4)CC3C5)ncn2c1=O. The molecule has 4 aliphatic carbocycles. The zero-order valence-corrected chi connectivity index (χ0v) is 14.3. The summed E-state index contributed by atoms with van der Waals surface area (Å²) in [5.74, 6) is 1.36. The van der Waals surface area contributed by atoms with Crippen molar-refractivity contribution >= 4 is 11.6 Å². The van der Waals surface area contributed by atoms with Crippen LogP contribution in [0.4, 0.5) is 0 Å². The first-order valence-corrected chi connectivity index (χ1v) is 8.75. The van der Waals surface area contributed by atoms with Crippen LogP contribution in [0.25, 0.3) is 5.65 Å². The molecule has 8 nitrogen and oxygen atoms in total. The minimum Gasteiger partial charge on any atom is -0.345 e. The second-order valence-electron chi connectivity index (χ2n) is 7.88. The molecule has 1 N–H and O–H groups in total. The van der Waals surface area contributed by atoms with Crippen molar-refractivity contribution in [1.82, 2.24) is 29.7 Å². The van der Waals surface area contributed by atoms with Crippen molar-refractivity contribution < 1.29 is 4.79 Å². The van der Waals surface area contributed by atoms with E-state index in [-0.39, 0.29) is 28.5 Å². The molecule has 0 aromatic carbocycles. The number of hydrogen-bond acceptors (Lipinski definition) is 5. The highest BCUT2D eigenvalue weighted by molar-refractivity contribution is 5.98. The Balaban J connectivity index is 1.49. The number of aryl methyl sites for hydroxylation is 1. The highest BCUT2D eigenvalue weighted by atomic mass is 16.2. The average Bonchev–Trinajstić information content (AvgIpc) is 3.00. The number of nitrogens with zero attached hydrogens (tertiary/aromatic N) is 5. The fourth-order valence-electron chi connectivity index (χ4n) is 5.11. The van der Waals surface area contributed by atoms with Crippen LogP contribution < -0.4 is 11.0 Å². The standard InChI is InChI=1S/C17H20N6O2/c1-17(11-4-9-3-10(6-11)7-12(17)5-9)19-15(24)13-14-20-21-22(2)16(25)23(14)8-18-13/h3,8-9,11-12H,4-7H2,1-2H3,(H,19,24). The lowest BCUT2D eigenvalue weighted by Gasteiger charge is -2.57. The molecule has 0 radical (unpaired) electrons. The van der Waals surface area contributed by atoms with E-state index >= 15 is 0 Å². The number of imidazole rings is 1. The third-order valence-corrected chi connectivity index (χ3v) is 6.46. The zero-order chi connectivity index (χ0) is 17.3. The van der Waals surface area contributed by atoms with Crippen LogP contribution in [-0.2, 0) is 7.05 Å². The van der Waals surface area contributed by atoms with Gasteiger partial charge in [-0.25, -0.2) is 14.2 Å². The number of amides is 1. The van der Waals surface area contributed by atoms with Crippen LogP contribution in [0.5, 0.6) is 0 Å². The van der Waals surface area contributed by atoms with Gasteiger partial charge in [0.1, 0.15) is 6.33 Å². The van der Waals surface area contributed by atoms with Crippen molar-refractivity contribution in [2.45, 2.75) is 38.1 Å². The van der Waals surface area contributed by atoms with Crippen LogP contribution in [0.1, 0.15) is 43.1 Å². The van der Waals surface area contributed by atoms with Crippen LogP contribution in [0.15, 0.2) is 22.8 Å². The van der Waals surface area contributed by atoms with Gasteiger partial charge in [-0.05, 0) is 50.4 Å². The molecule has 6 rings (SSSR count). The minimum atomic E-state index is -0.371. The number of nitrogens with one attached hydrogen (secondary N) is 1. The molecule has 4 aliphatic rings. The quantitative estimate of drug-likeness (QED) is 0.812. The summed E-state index contributed by atoms with van der Waals surface area (Å²) in [7, 11) is 1.51. The Labute approximate surface area is 143 Å². The van der Waals surface area contributed by atoms with E-state index < -0.39 is 0 Å². The van der Waals surface area contributed by atoms with Crippen molar-refractivity contribution in [3.63, 3.8) is 0 Å². The Hall–Kier alpha value is -2.51. The van der Waals surface area contributed by atoms with Crippen molar-refractivity contribution in [1.29, 1.82) is 0 Å². The Morgan fingerprint density at radius 3 is 2.72 bits per heavy atom. The molecular weight excluding hydrogens is 320 g/mol. The maximum absolute atomic E-state index is 12.9. The van der Waals surface area contributed by atoms with Gasteiger partial charge in [0, 0.05) is 12.6 Å². The Morgan fingerprint density at radius 2 is 2.04 bits per heavy atom. The number of carbonyl (C=O) groups is 1. The topological polar surface area (TPSA) is 94.2 Å². The number of rotatable bonds is 2. The molecule has 2 aromatic heterocycles. The van der Waals surface area contributed by atoms with Gasteiger partial charge in [-0.3, -0.25) is 4.79 Å². The molecule has 2 fully saturated rings. The zero-order valence-electron chi connectivity index (χ0n) is 14.3. The van der Waals surface area contributed by atoms with Gasteiger partial charge in [-0.1, -0.05) is 16.9 Å². The van der Waals surface area contributed by atoms with E-state index in [1.54, 1.807) is 5.57 Å². The summed E-state index contributed by atoms with van der Waals surface area (Å²) in [6, 6.07) is 0. The number of fused-ring (bicyclic) bond motifs is 1. The van der Waals surface area contributed by atoms with Gasteiger partial charge in [-0.2, -0.15) is 4.68 Å². The lowest BCUT2D eigenvalue weighted by atomic mass is 9.53. The predicted molar refractivity (Wildman–Crippen MR) is 88.9 cm³/mol. The number of carbonyl (C=O) groups excluding carboxylic acids is 1. The first kappa shape index (κ1) is 14.8. The fourth-order valence-corrected chi connectivity index (χ4v) is 5.11. The molecule has 1 amide bonds. The first-order chi connectivity index (χ1) is 12.0. The molecule has 0 saturated heterocycles. The minimum absolute atomic E-state index is 0.166. The van der Waals surface area contributed by atoms with Gasteiger partial charge in [0.05, 0.1) is 0 Å². The summed E-state index contributed by atoms with van der Waals surface area (Å²) < 4.78 is 2.37. The smallest absolute Gasteiger partial charge is 0.345 e. The van der Waals surface area contributed by atoms with Crippen LogP contribution in [0, 0.1) is 17.8 Å². The van der Waals surface area contributed by atoms with Crippen LogP contribution in [0.2, 0.25) is 0 Å². The second kappa shape index (κ2) is 4.77. The fraction of sp³-hybridized carbons (Fsp3) is 0.588. The number of aromatic nitrogens is 5. The molecular formula is C17H20N6O2. The van der Waals surface area contributed by atoms with E-state index in [9.17, 15) is 9.59 Å². The van der Waals surface area contributed by atoms with Crippen molar-refractivity contribution in [3.8, 4) is 0 Å². The molecule has 2 unspecified atom stereocenters. The van der Waals surface area contributed by atoms with Crippen LogP contribution in [-0.4, -0.2) is 35.8 Å². The molecule has 2 saturated carbocycles. The molecule has 2 aromatic rings. The maximum atomic E-state index is 12.9. The number of allylic oxidation sites excluding steroid dienone is 2. The highest BCUT2D eigenvalue weighted by Crippen LogP contribution is 2.55. The third-order valence-electron chi connectivity index (χ3n) is 6.46. The molecule has 0 spiro atoms. The van der Waals surface area contributed by atoms with Gasteiger partial charge in [-0.15, -0.1) is 5.10 Å². The third kappa shape index (κ3) is 1.96. The molecule has 0 aliphatic heterocycles. The van der Waals surface area contributed by atoms with E-state index in [1.165, 1.54) is 17.8 Å². The summed E-state index contributed by atoms with van der Waals surface area (Å²) in [6.07, 6.45) is 8.22. The summed E-state index contributed by atoms with van der Waals surface area (Å²) in [5, 5.41) is 11.0. The van der Waals surface area contributed by atoms with Crippen molar-refractivity contribution in [2.24, 2.45) is 24.8 Å². The normalized spacial score (nSPS) is 32.9. The second-order valence-corrected chi connectivity index (χ2v) is 7.88. The van der Waals surface area contributed by atoms with E-state index in [0.29, 0.717) is 17.8 Å². The van der Waals surface area contributed by atoms with Crippen LogP contribution in [0.3, 0.4) is 0 Å². The van der Waals surface area contributed by atoms with Crippen LogP contribution >= 0.6 is 0 Å². The predicted octanol–water partition coefficient (Wildman–Crippen LogP) is 0.688. The lowest BCUT2D eigenvalue weighted by Crippen LogP contribution is -2.62. The molecule has 2 atom stereocenters. The maximum Gasteiger partial charge on any atom is 0.352 e. The Bertz CT molecular complexity index is 969. The van der Waals surface area contributed by atoms with Crippen molar-refractivity contribution in [3.05, 3.63) is 34.2 Å². The van der Waals surface area contributed by atoms with Crippen molar-refractivity contribution in [2.75, 3.05) is 0 Å². The molecule has 4 bridgehead atoms. The van der Waals surface area contributed by atoms with E-state index in [4.69, 9.17) is 0 Å². The van der Waals surface area contributed by atoms with E-state index in [2.05, 4.69) is 33.6 Å². The van der Waals surface area contributed by atoms with Gasteiger partial charge in [0.2, 0.25) is 0 Å². The van der Waals surface area contributed by atoms with E-state index in [0.717, 1.165) is 30.4 Å². The summed E-state index contributed by atoms with van der Waals surface area (Å²) in [4.78, 5) is 29.1. The molecule has 2 heterocycles. The summed E-state index contributed by atoms with van der Waals surface area (Å²) >= 11 is 0. The summed E-state index contributed by atoms with van der Waals surface area (Å²) in [5.41, 5.74) is 1.33. The summed E-state index contributed by atoms with van der Waals surface area (Å²) in [6.45, 7) is 2.17. The van der Waals surface area contributed by atoms with E-state index in [1.807, 2.05) is 0 Å². The average molecular weight is 340 g/mol. The number of hydrogen-bond donors (Lipinski definition) is 1. The van der Waals surface area contributed by atoms with Gasteiger partial charge < -0.3 is 5.32 Å².